The molecule has 13 heavy (non-hydrogen) atoms. The molecular formula is C11H16OS. The summed E-state index contributed by atoms with van der Waals surface area (Å²) < 4.78 is 0. The minimum atomic E-state index is -0.185. The zero-order valence-electron chi connectivity index (χ0n) is 7.94. The third-order valence-electron chi connectivity index (χ3n) is 1.97. The number of aliphatic hydroxyl groups excluding tert-OH is 1. The maximum absolute atomic E-state index is 9.62. The van der Waals surface area contributed by atoms with Crippen LogP contribution in [0.2, 0.25) is 0 Å². The van der Waals surface area contributed by atoms with Gasteiger partial charge in [0.15, 0.2) is 0 Å². The molecule has 0 spiro atoms. The van der Waals surface area contributed by atoms with Gasteiger partial charge in [0.2, 0.25) is 0 Å². The zero-order valence-corrected chi connectivity index (χ0v) is 8.76. The van der Waals surface area contributed by atoms with Crippen molar-refractivity contribution in [3.63, 3.8) is 0 Å². The van der Waals surface area contributed by atoms with E-state index in [9.17, 15) is 5.11 Å². The average Bonchev–Trinajstić information content (AvgIpc) is 2.16. The van der Waals surface area contributed by atoms with Crippen LogP contribution in [0.15, 0.2) is 30.3 Å². The Labute approximate surface area is 84.2 Å². The maximum Gasteiger partial charge on any atom is 0.0588 e. The van der Waals surface area contributed by atoms with E-state index in [1.54, 1.807) is 11.8 Å². The van der Waals surface area contributed by atoms with E-state index in [1.807, 2.05) is 18.2 Å². The van der Waals surface area contributed by atoms with Gasteiger partial charge in [0.25, 0.3) is 0 Å². The molecule has 0 aromatic heterocycles. The van der Waals surface area contributed by atoms with Crippen molar-refractivity contribution in [3.8, 4) is 0 Å². The first kappa shape index (κ1) is 10.6. The van der Waals surface area contributed by atoms with Gasteiger partial charge in [-0.25, -0.2) is 0 Å². The van der Waals surface area contributed by atoms with E-state index in [0.29, 0.717) is 0 Å². The summed E-state index contributed by atoms with van der Waals surface area (Å²) in [6.07, 6.45) is 3.54. The molecule has 1 atom stereocenters. The van der Waals surface area contributed by atoms with Gasteiger partial charge in [-0.2, -0.15) is 11.8 Å². The monoisotopic (exact) mass is 196 g/mol. The summed E-state index contributed by atoms with van der Waals surface area (Å²) >= 11 is 1.78. The van der Waals surface area contributed by atoms with Crippen LogP contribution in [0.5, 0.6) is 0 Å². The molecule has 0 bridgehead atoms. The SMILES string of the molecule is CSCCC(O)Cc1ccccc1. The van der Waals surface area contributed by atoms with Crippen LogP contribution in [-0.2, 0) is 6.42 Å². The smallest absolute Gasteiger partial charge is 0.0588 e. The second-order valence-corrected chi connectivity index (χ2v) is 4.11. The molecule has 1 aromatic carbocycles. The Kier molecular flexibility index (Phi) is 4.94. The van der Waals surface area contributed by atoms with Crippen LogP contribution in [0.3, 0.4) is 0 Å². The molecule has 0 saturated heterocycles. The van der Waals surface area contributed by atoms with E-state index in [0.717, 1.165) is 18.6 Å². The van der Waals surface area contributed by atoms with Crippen molar-refractivity contribution in [2.45, 2.75) is 18.9 Å². The van der Waals surface area contributed by atoms with Gasteiger partial charge in [-0.15, -0.1) is 0 Å². The molecule has 0 fully saturated rings. The third-order valence-corrected chi connectivity index (χ3v) is 2.61. The van der Waals surface area contributed by atoms with E-state index >= 15 is 0 Å². The molecule has 0 aliphatic rings. The summed E-state index contributed by atoms with van der Waals surface area (Å²) in [5, 5.41) is 9.62. The van der Waals surface area contributed by atoms with Crippen LogP contribution < -0.4 is 0 Å². The van der Waals surface area contributed by atoms with Crippen LogP contribution in [-0.4, -0.2) is 23.2 Å². The first-order chi connectivity index (χ1) is 6.33. The summed E-state index contributed by atoms with van der Waals surface area (Å²) in [7, 11) is 0. The van der Waals surface area contributed by atoms with E-state index in [1.165, 1.54) is 5.56 Å². The molecule has 0 radical (unpaired) electrons. The van der Waals surface area contributed by atoms with Gasteiger partial charge in [0.05, 0.1) is 6.10 Å². The predicted octanol–water partition coefficient (Wildman–Crippen LogP) is 2.34. The molecule has 0 aliphatic heterocycles. The van der Waals surface area contributed by atoms with Crippen LogP contribution in [0.25, 0.3) is 0 Å². The van der Waals surface area contributed by atoms with Crippen molar-refractivity contribution >= 4 is 11.8 Å². The Bertz CT molecular complexity index is 223. The highest BCUT2D eigenvalue weighted by molar-refractivity contribution is 7.98. The summed E-state index contributed by atoms with van der Waals surface area (Å²) in [6, 6.07) is 10.1. The minimum absolute atomic E-state index is 0.185. The van der Waals surface area contributed by atoms with Gasteiger partial charge in [-0.05, 0) is 30.4 Å². The maximum atomic E-state index is 9.62. The van der Waals surface area contributed by atoms with Crippen molar-refractivity contribution in [1.29, 1.82) is 0 Å². The van der Waals surface area contributed by atoms with Crippen LogP contribution in [0.1, 0.15) is 12.0 Å². The minimum Gasteiger partial charge on any atom is -0.393 e. The molecule has 0 aliphatic carbocycles. The Balaban J connectivity index is 2.32. The van der Waals surface area contributed by atoms with Crippen LogP contribution in [0, 0.1) is 0 Å². The molecule has 0 saturated carbocycles. The molecular weight excluding hydrogens is 180 g/mol. The third kappa shape index (κ3) is 4.34. The van der Waals surface area contributed by atoms with Gasteiger partial charge < -0.3 is 5.11 Å². The number of aliphatic hydroxyl groups is 1. The highest BCUT2D eigenvalue weighted by Gasteiger charge is 2.03. The standard InChI is InChI=1S/C11H16OS/c1-13-8-7-11(12)9-10-5-3-2-4-6-10/h2-6,11-12H,7-9H2,1H3. The molecule has 2 heteroatoms. The fraction of sp³-hybridized carbons (Fsp3) is 0.455. The first-order valence-corrected chi connectivity index (χ1v) is 5.93. The molecule has 1 unspecified atom stereocenters. The first-order valence-electron chi connectivity index (χ1n) is 4.54. The normalized spacial score (nSPS) is 12.8. The molecule has 1 rings (SSSR count). The van der Waals surface area contributed by atoms with Crippen molar-refractivity contribution in [2.24, 2.45) is 0 Å². The Hall–Kier alpha value is -0.470. The van der Waals surface area contributed by atoms with E-state index in [2.05, 4.69) is 18.4 Å². The van der Waals surface area contributed by atoms with Crippen molar-refractivity contribution in [1.82, 2.24) is 0 Å². The molecule has 0 heterocycles. The average molecular weight is 196 g/mol. The summed E-state index contributed by atoms with van der Waals surface area (Å²) in [4.78, 5) is 0. The van der Waals surface area contributed by atoms with Gasteiger partial charge in [0, 0.05) is 0 Å². The summed E-state index contributed by atoms with van der Waals surface area (Å²) in [5.74, 6) is 1.04. The Morgan fingerprint density at radius 3 is 2.62 bits per heavy atom. The molecule has 1 nitrogen and oxygen atoms in total. The van der Waals surface area contributed by atoms with Crippen molar-refractivity contribution < 1.29 is 5.11 Å². The zero-order chi connectivity index (χ0) is 9.52. The second-order valence-electron chi connectivity index (χ2n) is 3.13. The highest BCUT2D eigenvalue weighted by Crippen LogP contribution is 2.07. The lowest BCUT2D eigenvalue weighted by atomic mass is 10.1. The lowest BCUT2D eigenvalue weighted by Crippen LogP contribution is -2.11. The number of rotatable bonds is 5. The second kappa shape index (κ2) is 6.06. The summed E-state index contributed by atoms with van der Waals surface area (Å²) in [5.41, 5.74) is 1.22. The van der Waals surface area contributed by atoms with Crippen LogP contribution in [0.4, 0.5) is 0 Å². The summed E-state index contributed by atoms with van der Waals surface area (Å²) in [6.45, 7) is 0. The fourth-order valence-corrected chi connectivity index (χ4v) is 1.75. The van der Waals surface area contributed by atoms with E-state index in [-0.39, 0.29) is 6.10 Å². The van der Waals surface area contributed by atoms with Gasteiger partial charge in [-0.1, -0.05) is 30.3 Å². The molecule has 72 valence electrons. The van der Waals surface area contributed by atoms with E-state index in [4.69, 9.17) is 0 Å². The van der Waals surface area contributed by atoms with Crippen LogP contribution >= 0.6 is 11.8 Å². The lowest BCUT2D eigenvalue weighted by Gasteiger charge is -2.08. The fourth-order valence-electron chi connectivity index (χ4n) is 1.24. The number of hydrogen-bond donors (Lipinski definition) is 1. The van der Waals surface area contributed by atoms with Gasteiger partial charge >= 0.3 is 0 Å². The van der Waals surface area contributed by atoms with E-state index < -0.39 is 0 Å². The number of hydrogen-bond acceptors (Lipinski definition) is 2. The van der Waals surface area contributed by atoms with Crippen molar-refractivity contribution in [3.05, 3.63) is 35.9 Å². The largest absolute Gasteiger partial charge is 0.393 e. The molecule has 1 N–H and O–H groups in total. The quantitative estimate of drug-likeness (QED) is 0.780. The van der Waals surface area contributed by atoms with Crippen molar-refractivity contribution in [2.75, 3.05) is 12.0 Å². The topological polar surface area (TPSA) is 20.2 Å². The molecule has 1 aromatic rings. The Morgan fingerprint density at radius 2 is 2.00 bits per heavy atom. The highest BCUT2D eigenvalue weighted by atomic mass is 32.2. The lowest BCUT2D eigenvalue weighted by molar-refractivity contribution is 0.172. The predicted molar refractivity (Wildman–Crippen MR) is 59.2 cm³/mol. The Morgan fingerprint density at radius 1 is 1.31 bits per heavy atom. The van der Waals surface area contributed by atoms with Gasteiger partial charge in [0.1, 0.15) is 0 Å². The molecule has 0 amide bonds. The van der Waals surface area contributed by atoms with Gasteiger partial charge in [-0.3, -0.25) is 0 Å². The number of thioether (sulfide) groups is 1. The number of benzene rings is 1.